The summed E-state index contributed by atoms with van der Waals surface area (Å²) >= 11 is 0. The molecule has 2 heteroatoms. The van der Waals surface area contributed by atoms with Crippen LogP contribution < -0.4 is 5.32 Å². The maximum absolute atomic E-state index is 4.05. The van der Waals surface area contributed by atoms with E-state index in [1.54, 1.807) is 6.21 Å². The number of benzene rings is 1. The third kappa shape index (κ3) is 3.30. The molecule has 0 heterocycles. The summed E-state index contributed by atoms with van der Waals surface area (Å²) in [5, 5.41) is 3.20. The van der Waals surface area contributed by atoms with Crippen LogP contribution >= 0.6 is 0 Å². The molecule has 1 rings (SSSR count). The standard InChI is InChI=1S/C10H14N2/c1-2-11-9-12-8-10-6-4-3-5-7-10/h2-7,12H,8-9H2,1H3/b11-2+. The van der Waals surface area contributed by atoms with Crippen molar-refractivity contribution in [1.82, 2.24) is 5.32 Å². The second kappa shape index (κ2) is 5.49. The molecule has 0 unspecified atom stereocenters. The molecular weight excluding hydrogens is 148 g/mol. The first-order valence-electron chi connectivity index (χ1n) is 4.12. The van der Waals surface area contributed by atoms with Gasteiger partial charge in [-0.25, -0.2) is 0 Å². The monoisotopic (exact) mass is 162 g/mol. The first-order valence-corrected chi connectivity index (χ1v) is 4.12. The first kappa shape index (κ1) is 8.94. The van der Waals surface area contributed by atoms with Crippen molar-refractivity contribution < 1.29 is 0 Å². The Morgan fingerprint density at radius 2 is 2.08 bits per heavy atom. The van der Waals surface area contributed by atoms with Crippen molar-refractivity contribution in [2.45, 2.75) is 13.5 Å². The zero-order chi connectivity index (χ0) is 8.65. The molecule has 12 heavy (non-hydrogen) atoms. The minimum Gasteiger partial charge on any atom is -0.294 e. The average molecular weight is 162 g/mol. The highest BCUT2D eigenvalue weighted by Crippen LogP contribution is 1.96. The van der Waals surface area contributed by atoms with Gasteiger partial charge in [0.1, 0.15) is 0 Å². The zero-order valence-electron chi connectivity index (χ0n) is 7.33. The molecule has 0 aliphatic rings. The number of nitrogens with one attached hydrogen (secondary N) is 1. The van der Waals surface area contributed by atoms with Crippen LogP contribution in [0, 0.1) is 0 Å². The average Bonchev–Trinajstić information content (AvgIpc) is 2.14. The van der Waals surface area contributed by atoms with Gasteiger partial charge in [0, 0.05) is 6.54 Å². The van der Waals surface area contributed by atoms with Crippen molar-refractivity contribution in [2.75, 3.05) is 6.67 Å². The zero-order valence-corrected chi connectivity index (χ0v) is 7.33. The Bertz CT molecular complexity index is 229. The minimum absolute atomic E-state index is 0.700. The van der Waals surface area contributed by atoms with Crippen molar-refractivity contribution in [3.05, 3.63) is 35.9 Å². The lowest BCUT2D eigenvalue weighted by Crippen LogP contribution is -2.12. The summed E-state index contributed by atoms with van der Waals surface area (Å²) in [6.07, 6.45) is 1.80. The highest BCUT2D eigenvalue weighted by Gasteiger charge is 1.87. The van der Waals surface area contributed by atoms with Gasteiger partial charge in [0.2, 0.25) is 0 Å². The SMILES string of the molecule is C/C=N/CNCc1ccccc1. The summed E-state index contributed by atoms with van der Waals surface area (Å²) in [7, 11) is 0. The lowest BCUT2D eigenvalue weighted by atomic mass is 10.2. The van der Waals surface area contributed by atoms with Gasteiger partial charge >= 0.3 is 0 Å². The Morgan fingerprint density at radius 3 is 2.75 bits per heavy atom. The van der Waals surface area contributed by atoms with Crippen LogP contribution in [-0.4, -0.2) is 12.9 Å². The molecule has 0 atom stereocenters. The van der Waals surface area contributed by atoms with Crippen LogP contribution in [0.1, 0.15) is 12.5 Å². The fourth-order valence-corrected chi connectivity index (χ4v) is 0.952. The third-order valence-electron chi connectivity index (χ3n) is 1.56. The summed E-state index contributed by atoms with van der Waals surface area (Å²) in [6.45, 7) is 3.51. The first-order chi connectivity index (χ1) is 5.93. The number of rotatable bonds is 4. The Balaban J connectivity index is 2.24. The summed E-state index contributed by atoms with van der Waals surface area (Å²) in [5.41, 5.74) is 1.30. The molecule has 0 saturated heterocycles. The van der Waals surface area contributed by atoms with Crippen LogP contribution in [0.2, 0.25) is 0 Å². The lowest BCUT2D eigenvalue weighted by Gasteiger charge is -2.00. The topological polar surface area (TPSA) is 24.4 Å². The smallest absolute Gasteiger partial charge is 0.0882 e. The summed E-state index contributed by atoms with van der Waals surface area (Å²) < 4.78 is 0. The predicted molar refractivity (Wildman–Crippen MR) is 52.3 cm³/mol. The third-order valence-corrected chi connectivity index (χ3v) is 1.56. The second-order valence-corrected chi connectivity index (χ2v) is 2.51. The van der Waals surface area contributed by atoms with Crippen LogP contribution in [0.25, 0.3) is 0 Å². The van der Waals surface area contributed by atoms with E-state index in [1.807, 2.05) is 25.1 Å². The maximum atomic E-state index is 4.05. The lowest BCUT2D eigenvalue weighted by molar-refractivity contribution is 0.712. The Kier molecular flexibility index (Phi) is 4.09. The predicted octanol–water partition coefficient (Wildman–Crippen LogP) is 1.82. The number of hydrogen-bond acceptors (Lipinski definition) is 2. The number of nitrogens with zero attached hydrogens (tertiary/aromatic N) is 1. The highest BCUT2D eigenvalue weighted by molar-refractivity contribution is 5.52. The van der Waals surface area contributed by atoms with Crippen molar-refractivity contribution >= 4 is 6.21 Å². The van der Waals surface area contributed by atoms with Crippen molar-refractivity contribution in [1.29, 1.82) is 0 Å². The van der Waals surface area contributed by atoms with Crippen molar-refractivity contribution in [3.63, 3.8) is 0 Å². The Labute approximate surface area is 73.3 Å². The van der Waals surface area contributed by atoms with Crippen LogP contribution in [0.3, 0.4) is 0 Å². The van der Waals surface area contributed by atoms with Gasteiger partial charge in [-0.2, -0.15) is 0 Å². The molecule has 0 aliphatic carbocycles. The second-order valence-electron chi connectivity index (χ2n) is 2.51. The van der Waals surface area contributed by atoms with E-state index in [-0.39, 0.29) is 0 Å². The molecule has 1 aromatic carbocycles. The maximum Gasteiger partial charge on any atom is 0.0882 e. The molecule has 0 bridgehead atoms. The molecule has 0 aliphatic heterocycles. The summed E-state index contributed by atoms with van der Waals surface area (Å²) in [6, 6.07) is 10.3. The summed E-state index contributed by atoms with van der Waals surface area (Å²) in [4.78, 5) is 4.05. The highest BCUT2D eigenvalue weighted by atomic mass is 15.0. The quantitative estimate of drug-likeness (QED) is 0.530. The summed E-state index contributed by atoms with van der Waals surface area (Å²) in [5.74, 6) is 0. The molecule has 0 amide bonds. The Hall–Kier alpha value is -1.15. The molecular formula is C10H14N2. The fourth-order valence-electron chi connectivity index (χ4n) is 0.952. The number of hydrogen-bond donors (Lipinski definition) is 1. The van der Waals surface area contributed by atoms with Gasteiger partial charge in [0.15, 0.2) is 0 Å². The van der Waals surface area contributed by atoms with E-state index < -0.39 is 0 Å². The van der Waals surface area contributed by atoms with Gasteiger partial charge in [-0.05, 0) is 18.7 Å². The van der Waals surface area contributed by atoms with E-state index in [2.05, 4.69) is 22.4 Å². The van der Waals surface area contributed by atoms with Crippen LogP contribution in [-0.2, 0) is 6.54 Å². The molecule has 0 radical (unpaired) electrons. The van der Waals surface area contributed by atoms with E-state index in [0.29, 0.717) is 6.67 Å². The van der Waals surface area contributed by atoms with Crippen LogP contribution in [0.5, 0.6) is 0 Å². The van der Waals surface area contributed by atoms with E-state index in [0.717, 1.165) is 6.54 Å². The largest absolute Gasteiger partial charge is 0.294 e. The van der Waals surface area contributed by atoms with E-state index in [1.165, 1.54) is 5.56 Å². The minimum atomic E-state index is 0.700. The molecule has 1 N–H and O–H groups in total. The Morgan fingerprint density at radius 1 is 1.33 bits per heavy atom. The van der Waals surface area contributed by atoms with Crippen LogP contribution in [0.4, 0.5) is 0 Å². The van der Waals surface area contributed by atoms with Crippen LogP contribution in [0.15, 0.2) is 35.3 Å². The molecule has 0 aromatic heterocycles. The number of aliphatic imine (C=N–C) groups is 1. The molecule has 0 spiro atoms. The van der Waals surface area contributed by atoms with Gasteiger partial charge < -0.3 is 0 Å². The van der Waals surface area contributed by atoms with Gasteiger partial charge in [-0.3, -0.25) is 10.3 Å². The van der Waals surface area contributed by atoms with E-state index in [9.17, 15) is 0 Å². The van der Waals surface area contributed by atoms with Gasteiger partial charge in [0.05, 0.1) is 6.67 Å². The molecule has 64 valence electrons. The molecule has 1 aromatic rings. The van der Waals surface area contributed by atoms with E-state index in [4.69, 9.17) is 0 Å². The molecule has 0 saturated carbocycles. The van der Waals surface area contributed by atoms with E-state index >= 15 is 0 Å². The van der Waals surface area contributed by atoms with Crippen molar-refractivity contribution in [3.8, 4) is 0 Å². The van der Waals surface area contributed by atoms with Gasteiger partial charge in [-0.1, -0.05) is 30.3 Å². The molecule has 2 nitrogen and oxygen atoms in total. The van der Waals surface area contributed by atoms with Gasteiger partial charge in [0.25, 0.3) is 0 Å². The normalized spacial score (nSPS) is 10.8. The van der Waals surface area contributed by atoms with Crippen molar-refractivity contribution in [2.24, 2.45) is 4.99 Å². The fraction of sp³-hybridized carbons (Fsp3) is 0.300. The van der Waals surface area contributed by atoms with Gasteiger partial charge in [-0.15, -0.1) is 0 Å². The molecule has 0 fully saturated rings.